The van der Waals surface area contributed by atoms with Gasteiger partial charge in [0.2, 0.25) is 5.91 Å². The van der Waals surface area contributed by atoms with Crippen molar-refractivity contribution >= 4 is 17.7 Å². The Kier molecular flexibility index (Phi) is 4.86. The lowest BCUT2D eigenvalue weighted by Crippen LogP contribution is -2.40. The number of benzene rings is 1. The Bertz CT molecular complexity index is 473. The summed E-state index contributed by atoms with van der Waals surface area (Å²) < 4.78 is 0. The van der Waals surface area contributed by atoms with Crippen LogP contribution < -0.4 is 5.32 Å². The molecule has 114 valence electrons. The Morgan fingerprint density at radius 3 is 2.81 bits per heavy atom. The molecule has 1 aromatic carbocycles. The van der Waals surface area contributed by atoms with Crippen LogP contribution in [-0.2, 0) is 4.79 Å². The van der Waals surface area contributed by atoms with Gasteiger partial charge in [-0.3, -0.25) is 10.1 Å². The van der Waals surface area contributed by atoms with Gasteiger partial charge in [0.25, 0.3) is 0 Å². The first-order valence-electron chi connectivity index (χ1n) is 7.98. The van der Waals surface area contributed by atoms with Crippen LogP contribution in [0, 0.1) is 5.92 Å². The van der Waals surface area contributed by atoms with Crippen LogP contribution >= 0.6 is 11.8 Å². The van der Waals surface area contributed by atoms with Gasteiger partial charge in [-0.15, -0.1) is 0 Å². The van der Waals surface area contributed by atoms with E-state index in [0.29, 0.717) is 5.92 Å². The van der Waals surface area contributed by atoms with E-state index in [1.807, 2.05) is 42.1 Å². The van der Waals surface area contributed by atoms with Crippen LogP contribution in [-0.4, -0.2) is 35.0 Å². The number of nitrogens with zero attached hydrogens (tertiary/aromatic N) is 1. The average Bonchev–Trinajstić information content (AvgIpc) is 3.12. The number of hydrogen-bond donors (Lipinski definition) is 1. The number of hydrogen-bond acceptors (Lipinski definition) is 3. The predicted octanol–water partition coefficient (Wildman–Crippen LogP) is 3.04. The van der Waals surface area contributed by atoms with Gasteiger partial charge in [-0.1, -0.05) is 43.7 Å². The summed E-state index contributed by atoms with van der Waals surface area (Å²) in [7, 11) is 0. The second-order valence-electron chi connectivity index (χ2n) is 6.04. The van der Waals surface area contributed by atoms with Crippen molar-refractivity contribution in [3.05, 3.63) is 35.9 Å². The zero-order chi connectivity index (χ0) is 14.7. The van der Waals surface area contributed by atoms with Gasteiger partial charge in [-0.25, -0.2) is 0 Å². The third kappa shape index (κ3) is 3.27. The molecule has 2 fully saturated rings. The van der Waals surface area contributed by atoms with Gasteiger partial charge in [0.05, 0.1) is 6.17 Å². The first kappa shape index (κ1) is 14.9. The van der Waals surface area contributed by atoms with Gasteiger partial charge < -0.3 is 4.90 Å². The second-order valence-corrected chi connectivity index (χ2v) is 7.18. The van der Waals surface area contributed by atoms with Gasteiger partial charge in [0, 0.05) is 6.54 Å². The fraction of sp³-hybridized carbons (Fsp3) is 0.588. The summed E-state index contributed by atoms with van der Waals surface area (Å²) in [6.45, 7) is 3.11. The molecule has 4 heteroatoms. The standard InChI is InChI=1S/C17H24N2OS/c1-2-6-15-18-16(14-7-4-3-5-8-14)17(20)19(15)11-13-9-10-21-12-13/h3-5,7-8,13,15-16,18H,2,6,9-12H2,1H3. The molecule has 0 aliphatic carbocycles. The third-order valence-corrected chi connectivity index (χ3v) is 5.67. The van der Waals surface area contributed by atoms with E-state index in [1.165, 1.54) is 17.9 Å². The largest absolute Gasteiger partial charge is 0.325 e. The van der Waals surface area contributed by atoms with Crippen molar-refractivity contribution in [2.24, 2.45) is 5.92 Å². The lowest BCUT2D eigenvalue weighted by atomic mass is 10.1. The molecule has 0 aromatic heterocycles. The van der Waals surface area contributed by atoms with Crippen LogP contribution in [0.1, 0.15) is 37.8 Å². The van der Waals surface area contributed by atoms with Crippen molar-refractivity contribution in [1.29, 1.82) is 0 Å². The molecule has 1 N–H and O–H groups in total. The molecule has 1 amide bonds. The van der Waals surface area contributed by atoms with Crippen LogP contribution in [0.2, 0.25) is 0 Å². The number of carbonyl (C=O) groups is 1. The van der Waals surface area contributed by atoms with E-state index in [4.69, 9.17) is 0 Å². The maximum atomic E-state index is 12.8. The van der Waals surface area contributed by atoms with Gasteiger partial charge in [0.1, 0.15) is 6.04 Å². The van der Waals surface area contributed by atoms with Crippen molar-refractivity contribution in [2.45, 2.75) is 38.4 Å². The Hall–Kier alpha value is -1.00. The highest BCUT2D eigenvalue weighted by Gasteiger charge is 2.40. The zero-order valence-electron chi connectivity index (χ0n) is 12.6. The van der Waals surface area contributed by atoms with Crippen LogP contribution in [0.15, 0.2) is 30.3 Å². The smallest absolute Gasteiger partial charge is 0.245 e. The molecule has 0 saturated carbocycles. The van der Waals surface area contributed by atoms with E-state index in [0.717, 1.165) is 24.9 Å². The molecule has 1 aromatic rings. The van der Waals surface area contributed by atoms with Crippen LogP contribution in [0.25, 0.3) is 0 Å². The molecule has 3 atom stereocenters. The lowest BCUT2D eigenvalue weighted by Gasteiger charge is -2.26. The highest BCUT2D eigenvalue weighted by molar-refractivity contribution is 7.99. The molecule has 3 unspecified atom stereocenters. The molecular formula is C17H24N2OS. The third-order valence-electron chi connectivity index (χ3n) is 4.44. The molecule has 0 radical (unpaired) electrons. The van der Waals surface area contributed by atoms with Gasteiger partial charge in [-0.05, 0) is 35.8 Å². The summed E-state index contributed by atoms with van der Waals surface area (Å²) in [6, 6.07) is 9.96. The molecule has 2 aliphatic heterocycles. The topological polar surface area (TPSA) is 32.3 Å². The quantitative estimate of drug-likeness (QED) is 0.907. The molecule has 2 heterocycles. The normalized spacial score (nSPS) is 29.3. The van der Waals surface area contributed by atoms with Crippen molar-refractivity contribution in [3.63, 3.8) is 0 Å². The zero-order valence-corrected chi connectivity index (χ0v) is 13.4. The minimum Gasteiger partial charge on any atom is -0.325 e. The highest BCUT2D eigenvalue weighted by Crippen LogP contribution is 2.30. The summed E-state index contributed by atoms with van der Waals surface area (Å²) in [5.74, 6) is 3.39. The van der Waals surface area contributed by atoms with E-state index in [9.17, 15) is 4.79 Å². The number of nitrogens with one attached hydrogen (secondary N) is 1. The van der Waals surface area contributed by atoms with Crippen molar-refractivity contribution in [3.8, 4) is 0 Å². The Morgan fingerprint density at radius 1 is 1.33 bits per heavy atom. The first-order chi connectivity index (χ1) is 10.3. The van der Waals surface area contributed by atoms with Crippen LogP contribution in [0.5, 0.6) is 0 Å². The molecule has 3 rings (SSSR count). The number of amides is 1. The van der Waals surface area contributed by atoms with E-state index < -0.39 is 0 Å². The summed E-state index contributed by atoms with van der Waals surface area (Å²) in [4.78, 5) is 14.9. The monoisotopic (exact) mass is 304 g/mol. The van der Waals surface area contributed by atoms with Gasteiger partial charge >= 0.3 is 0 Å². The molecule has 0 bridgehead atoms. The summed E-state index contributed by atoms with van der Waals surface area (Å²) in [5, 5.41) is 3.55. The van der Waals surface area contributed by atoms with E-state index in [-0.39, 0.29) is 18.1 Å². The van der Waals surface area contributed by atoms with Crippen molar-refractivity contribution < 1.29 is 4.79 Å². The molecule has 0 spiro atoms. The number of carbonyl (C=O) groups excluding carboxylic acids is 1. The molecular weight excluding hydrogens is 280 g/mol. The predicted molar refractivity (Wildman–Crippen MR) is 88.2 cm³/mol. The summed E-state index contributed by atoms with van der Waals surface area (Å²) in [6.07, 6.45) is 3.60. The first-order valence-corrected chi connectivity index (χ1v) is 9.14. The molecule has 2 saturated heterocycles. The van der Waals surface area contributed by atoms with Gasteiger partial charge in [0.15, 0.2) is 0 Å². The minimum absolute atomic E-state index is 0.156. The highest BCUT2D eigenvalue weighted by atomic mass is 32.2. The minimum atomic E-state index is -0.156. The van der Waals surface area contributed by atoms with E-state index >= 15 is 0 Å². The maximum absolute atomic E-state index is 12.8. The number of thioether (sulfide) groups is 1. The SMILES string of the molecule is CCCC1NC(c2ccccc2)C(=O)N1CC1CCSC1. The van der Waals surface area contributed by atoms with Gasteiger partial charge in [-0.2, -0.15) is 11.8 Å². The second kappa shape index (κ2) is 6.84. The fourth-order valence-corrected chi connectivity index (χ4v) is 4.56. The number of rotatable bonds is 5. The average molecular weight is 304 g/mol. The van der Waals surface area contributed by atoms with E-state index in [2.05, 4.69) is 17.1 Å². The molecule has 21 heavy (non-hydrogen) atoms. The van der Waals surface area contributed by atoms with Crippen molar-refractivity contribution in [2.75, 3.05) is 18.1 Å². The van der Waals surface area contributed by atoms with Crippen LogP contribution in [0.3, 0.4) is 0 Å². The fourth-order valence-electron chi connectivity index (χ4n) is 3.29. The molecule has 3 nitrogen and oxygen atoms in total. The molecule has 2 aliphatic rings. The Balaban J connectivity index is 1.75. The maximum Gasteiger partial charge on any atom is 0.245 e. The van der Waals surface area contributed by atoms with E-state index in [1.54, 1.807) is 0 Å². The Morgan fingerprint density at radius 2 is 2.14 bits per heavy atom. The summed E-state index contributed by atoms with van der Waals surface area (Å²) >= 11 is 2.02. The van der Waals surface area contributed by atoms with Crippen molar-refractivity contribution in [1.82, 2.24) is 10.2 Å². The Labute approximate surface area is 131 Å². The van der Waals surface area contributed by atoms with Crippen LogP contribution in [0.4, 0.5) is 0 Å². The summed E-state index contributed by atoms with van der Waals surface area (Å²) in [5.41, 5.74) is 1.09. The lowest BCUT2D eigenvalue weighted by molar-refractivity contribution is -0.130.